The van der Waals surface area contributed by atoms with Gasteiger partial charge in [-0.05, 0) is 80.6 Å². The minimum Gasteiger partial charge on any atom is -0.460 e. The van der Waals surface area contributed by atoms with Crippen LogP contribution in [0.25, 0.3) is 0 Å². The van der Waals surface area contributed by atoms with Gasteiger partial charge in [-0.15, -0.1) is 6.58 Å². The highest BCUT2D eigenvalue weighted by Gasteiger charge is 2.75. The van der Waals surface area contributed by atoms with Crippen LogP contribution in [0.15, 0.2) is 73.3 Å². The number of hydrogen-bond acceptors (Lipinski definition) is 6. The Morgan fingerprint density at radius 1 is 1.04 bits per heavy atom. The summed E-state index contributed by atoms with van der Waals surface area (Å²) in [7, 11) is -4.37. The lowest BCUT2D eigenvalue weighted by Crippen LogP contribution is -2.70. The Balaban J connectivity index is 1.71. The fraction of sp³-hybridized carbons (Fsp3) is 0.595. The predicted octanol–water partition coefficient (Wildman–Crippen LogP) is 9.32. The second-order valence-electron chi connectivity index (χ2n) is 17.5. The van der Waals surface area contributed by atoms with Gasteiger partial charge < -0.3 is 23.1 Å². The van der Waals surface area contributed by atoms with Crippen LogP contribution in [0.5, 0.6) is 0 Å². The number of fused-ring (bicyclic) bond motifs is 1. The van der Waals surface area contributed by atoms with Crippen molar-refractivity contribution in [1.29, 1.82) is 0 Å². The van der Waals surface area contributed by atoms with E-state index in [2.05, 4.69) is 103 Å². The topological polar surface area (TPSA) is 63.2 Å². The van der Waals surface area contributed by atoms with Crippen molar-refractivity contribution in [1.82, 2.24) is 0 Å². The van der Waals surface area contributed by atoms with E-state index < -0.39 is 39.5 Å². The van der Waals surface area contributed by atoms with E-state index in [0.29, 0.717) is 38.9 Å². The van der Waals surface area contributed by atoms with E-state index in [1.807, 2.05) is 42.5 Å². The third-order valence-corrected chi connectivity index (χ3v) is 17.0. The highest BCUT2D eigenvalue weighted by Crippen LogP contribution is 2.66. The Bertz CT molecular complexity index is 1550. The van der Waals surface area contributed by atoms with Crippen molar-refractivity contribution < 1.29 is 27.9 Å². The molecule has 0 N–H and O–H groups in total. The lowest BCUT2D eigenvalue weighted by molar-refractivity contribution is -0.281. The Labute approximate surface area is 303 Å². The Kier molecular flexibility index (Phi) is 11.2. The molecule has 8 atom stereocenters. The molecule has 6 nitrogen and oxygen atoms in total. The molecule has 272 valence electrons. The average Bonchev–Trinajstić information content (AvgIpc) is 3.32. The highest BCUT2D eigenvalue weighted by atomic mass is 28.4. The summed E-state index contributed by atoms with van der Waals surface area (Å²) >= 11 is 0. The minimum absolute atomic E-state index is 0.0107. The zero-order valence-corrected chi connectivity index (χ0v) is 34.1. The van der Waals surface area contributed by atoms with Crippen molar-refractivity contribution in [2.24, 2.45) is 17.8 Å². The third-order valence-electron chi connectivity index (χ3n) is 11.6. The Morgan fingerprint density at radius 2 is 1.68 bits per heavy atom. The van der Waals surface area contributed by atoms with E-state index in [4.69, 9.17) is 23.1 Å². The molecule has 1 aliphatic carbocycles. The Morgan fingerprint density at radius 3 is 2.26 bits per heavy atom. The largest absolute Gasteiger partial charge is 0.460 e. The molecule has 3 aliphatic rings. The molecular weight excluding hydrogens is 657 g/mol. The fourth-order valence-corrected chi connectivity index (χ4v) is 11.0. The van der Waals surface area contributed by atoms with Crippen LogP contribution in [0.2, 0.25) is 37.8 Å². The molecule has 2 aliphatic heterocycles. The maximum atomic E-state index is 12.6. The SMILES string of the molecule is C=CC[C@H]1[C@]23O[C@@](CO[Si](C)(C)C(C)(C)C)(C[C@H]2[C@@H](OCc2ccccc2)[C@@H](OC(C)=O)C[C@H]3C)C[C@@]1(C#Cc1ccccc1)O[Si](C)(C)C. The van der Waals surface area contributed by atoms with Crippen LogP contribution in [-0.2, 0) is 34.5 Å². The van der Waals surface area contributed by atoms with Crippen LogP contribution in [0, 0.1) is 29.6 Å². The molecule has 0 unspecified atom stereocenters. The van der Waals surface area contributed by atoms with Gasteiger partial charge in [0.25, 0.3) is 0 Å². The van der Waals surface area contributed by atoms with E-state index in [1.54, 1.807) is 0 Å². The monoisotopic (exact) mass is 716 g/mol. The average molecular weight is 717 g/mol. The molecule has 50 heavy (non-hydrogen) atoms. The number of rotatable bonds is 11. The fourth-order valence-electron chi connectivity index (χ4n) is 8.60. The Hall–Kier alpha value is -2.52. The summed E-state index contributed by atoms with van der Waals surface area (Å²) < 4.78 is 35.4. The summed E-state index contributed by atoms with van der Waals surface area (Å²) in [5.74, 6) is 6.88. The maximum Gasteiger partial charge on any atom is 0.302 e. The first-order chi connectivity index (χ1) is 23.4. The zero-order chi connectivity index (χ0) is 36.6. The molecule has 5 rings (SSSR count). The molecule has 8 heteroatoms. The van der Waals surface area contributed by atoms with Gasteiger partial charge in [0, 0.05) is 30.7 Å². The first-order valence-corrected chi connectivity index (χ1v) is 24.7. The third kappa shape index (κ3) is 7.94. The second-order valence-corrected chi connectivity index (χ2v) is 26.8. The molecule has 1 spiro atoms. The summed E-state index contributed by atoms with van der Waals surface area (Å²) in [5.41, 5.74) is -0.167. The molecule has 1 saturated carbocycles. The van der Waals surface area contributed by atoms with Gasteiger partial charge in [0.2, 0.25) is 0 Å². The molecule has 2 aromatic rings. The molecule has 0 aromatic heterocycles. The molecule has 0 radical (unpaired) electrons. The van der Waals surface area contributed by atoms with Crippen molar-refractivity contribution in [3.8, 4) is 11.8 Å². The lowest BCUT2D eigenvalue weighted by Gasteiger charge is -2.61. The maximum absolute atomic E-state index is 12.6. The summed E-state index contributed by atoms with van der Waals surface area (Å²) in [6.07, 6.45) is 3.76. The number of esters is 1. The van der Waals surface area contributed by atoms with E-state index >= 15 is 0 Å². The molecule has 2 saturated heterocycles. The number of ether oxygens (including phenoxy) is 3. The van der Waals surface area contributed by atoms with Gasteiger partial charge in [0.05, 0.1) is 24.4 Å². The van der Waals surface area contributed by atoms with Crippen LogP contribution in [0.4, 0.5) is 0 Å². The highest BCUT2D eigenvalue weighted by molar-refractivity contribution is 6.74. The molecule has 0 amide bonds. The van der Waals surface area contributed by atoms with Crippen molar-refractivity contribution in [2.45, 2.75) is 134 Å². The van der Waals surface area contributed by atoms with Crippen molar-refractivity contribution in [3.63, 3.8) is 0 Å². The van der Waals surface area contributed by atoms with Crippen molar-refractivity contribution in [3.05, 3.63) is 84.4 Å². The number of benzene rings is 2. The lowest BCUT2D eigenvalue weighted by atomic mass is 9.57. The van der Waals surface area contributed by atoms with Crippen LogP contribution in [0.1, 0.15) is 71.4 Å². The van der Waals surface area contributed by atoms with Gasteiger partial charge >= 0.3 is 5.97 Å². The number of carbonyl (C=O) groups is 1. The van der Waals surface area contributed by atoms with Crippen LogP contribution < -0.4 is 0 Å². The normalized spacial score (nSPS) is 32.4. The quantitative estimate of drug-likeness (QED) is 0.100. The minimum atomic E-state index is -2.20. The smallest absolute Gasteiger partial charge is 0.302 e. The van der Waals surface area contributed by atoms with Gasteiger partial charge in [-0.3, -0.25) is 4.79 Å². The van der Waals surface area contributed by atoms with E-state index in [9.17, 15) is 4.79 Å². The first-order valence-electron chi connectivity index (χ1n) is 18.4. The van der Waals surface area contributed by atoms with Gasteiger partial charge in [-0.25, -0.2) is 0 Å². The van der Waals surface area contributed by atoms with Gasteiger partial charge in [-0.1, -0.05) is 94.1 Å². The molecule has 2 aromatic carbocycles. The van der Waals surface area contributed by atoms with Gasteiger partial charge in [0.1, 0.15) is 17.8 Å². The van der Waals surface area contributed by atoms with Crippen molar-refractivity contribution in [2.75, 3.05) is 6.61 Å². The van der Waals surface area contributed by atoms with Crippen LogP contribution in [-0.4, -0.2) is 58.2 Å². The molecule has 3 fully saturated rings. The number of allylic oxidation sites excluding steroid dienone is 1. The van der Waals surface area contributed by atoms with Crippen LogP contribution >= 0.6 is 0 Å². The summed E-state index contributed by atoms with van der Waals surface area (Å²) in [4.78, 5) is 12.6. The molecular formula is C42H60O6Si2. The number of hydrogen-bond donors (Lipinski definition) is 0. The zero-order valence-electron chi connectivity index (χ0n) is 32.1. The molecule has 2 heterocycles. The predicted molar refractivity (Wildman–Crippen MR) is 206 cm³/mol. The van der Waals surface area contributed by atoms with E-state index in [0.717, 1.165) is 11.1 Å². The van der Waals surface area contributed by atoms with Gasteiger partial charge in [-0.2, -0.15) is 0 Å². The second kappa shape index (κ2) is 14.5. The van der Waals surface area contributed by atoms with E-state index in [1.165, 1.54) is 6.92 Å². The summed E-state index contributed by atoms with van der Waals surface area (Å²) in [5, 5.41) is 0.0286. The van der Waals surface area contributed by atoms with Crippen molar-refractivity contribution >= 4 is 22.6 Å². The summed E-state index contributed by atoms with van der Waals surface area (Å²) in [6.45, 7) is 27.1. The van der Waals surface area contributed by atoms with E-state index in [-0.39, 0.29) is 34.9 Å². The standard InChI is InChI=1S/C42H60O6Si2/c1-12-19-37-41(48-49(7,8)9,25-24-33-20-15-13-16-21-33)29-40(30-45-50(10,11)39(4,5)6)27-35-38(44-28-34-22-17-14-18-23-34)36(46-32(3)43)26-31(2)42(35,37)47-40/h12-18,20-23,31,35-38H,1,19,26-30H2,2-11H3/t31-,35+,36+,37-,38-,40+,41-,42-/m1/s1. The van der Waals surface area contributed by atoms with Crippen LogP contribution in [0.3, 0.4) is 0 Å². The van der Waals surface area contributed by atoms with Gasteiger partial charge in [0.15, 0.2) is 16.6 Å². The molecule has 2 bridgehead atoms. The summed E-state index contributed by atoms with van der Waals surface area (Å²) in [6, 6.07) is 20.4. The first kappa shape index (κ1) is 38.7. The number of carbonyl (C=O) groups excluding carboxylic acids is 1.